The molecule has 162 valence electrons. The summed E-state index contributed by atoms with van der Waals surface area (Å²) in [6, 6.07) is 21.1. The van der Waals surface area contributed by atoms with Crippen LogP contribution in [0.3, 0.4) is 0 Å². The molecule has 6 heteroatoms. The van der Waals surface area contributed by atoms with E-state index in [2.05, 4.69) is 19.2 Å². The second-order valence-corrected chi connectivity index (χ2v) is 9.78. The van der Waals surface area contributed by atoms with E-state index in [0.717, 1.165) is 21.0 Å². The molecule has 0 aliphatic rings. The summed E-state index contributed by atoms with van der Waals surface area (Å²) in [6.07, 6.45) is 0. The maximum atomic E-state index is 13.4. The van der Waals surface area contributed by atoms with Gasteiger partial charge in [-0.3, -0.25) is 9.10 Å². The van der Waals surface area contributed by atoms with Crippen LogP contribution in [0.15, 0.2) is 77.7 Å². The minimum Gasteiger partial charge on any atom is -0.325 e. The van der Waals surface area contributed by atoms with Crippen LogP contribution in [0.2, 0.25) is 0 Å². The highest BCUT2D eigenvalue weighted by Crippen LogP contribution is 2.26. The van der Waals surface area contributed by atoms with Gasteiger partial charge in [-0.2, -0.15) is 0 Å². The number of hydrogen-bond acceptors (Lipinski definition) is 3. The van der Waals surface area contributed by atoms with Gasteiger partial charge in [-0.15, -0.1) is 0 Å². The van der Waals surface area contributed by atoms with Gasteiger partial charge in [0.1, 0.15) is 6.54 Å². The van der Waals surface area contributed by atoms with Crippen molar-refractivity contribution in [2.45, 2.75) is 38.5 Å². The van der Waals surface area contributed by atoms with Crippen molar-refractivity contribution in [2.24, 2.45) is 0 Å². The number of rotatable bonds is 7. The summed E-state index contributed by atoms with van der Waals surface area (Å²) in [7, 11) is -3.92. The van der Waals surface area contributed by atoms with Crippen LogP contribution >= 0.6 is 0 Å². The van der Waals surface area contributed by atoms with Crippen molar-refractivity contribution in [3.63, 3.8) is 0 Å². The molecule has 0 aliphatic heterocycles. The van der Waals surface area contributed by atoms with Crippen molar-refractivity contribution in [1.29, 1.82) is 0 Å². The SMILES string of the molecule is Cc1ccc(NC(=O)CN(c2ccc(C(C)C)cc2)S(=O)(=O)c2ccccc2)cc1C. The normalized spacial score (nSPS) is 11.4. The van der Waals surface area contributed by atoms with Crippen LogP contribution in [0, 0.1) is 13.8 Å². The number of aryl methyl sites for hydroxylation is 2. The molecule has 0 fully saturated rings. The van der Waals surface area contributed by atoms with Crippen molar-refractivity contribution in [1.82, 2.24) is 0 Å². The molecule has 0 bridgehead atoms. The van der Waals surface area contributed by atoms with Crippen LogP contribution in [0.25, 0.3) is 0 Å². The van der Waals surface area contributed by atoms with Crippen molar-refractivity contribution in [3.05, 3.63) is 89.5 Å². The maximum absolute atomic E-state index is 13.4. The molecule has 0 saturated heterocycles. The number of nitrogens with zero attached hydrogens (tertiary/aromatic N) is 1. The first kappa shape index (κ1) is 22.6. The number of nitrogens with one attached hydrogen (secondary N) is 1. The summed E-state index contributed by atoms with van der Waals surface area (Å²) in [5.41, 5.74) is 4.36. The Morgan fingerprint density at radius 3 is 2.13 bits per heavy atom. The van der Waals surface area contributed by atoms with Crippen LogP contribution in [-0.4, -0.2) is 20.9 Å². The van der Waals surface area contributed by atoms with Gasteiger partial charge in [-0.25, -0.2) is 8.42 Å². The Bertz CT molecular complexity index is 1160. The summed E-state index contributed by atoms with van der Waals surface area (Å²) in [5.74, 6) is -0.0861. The van der Waals surface area contributed by atoms with Gasteiger partial charge in [0.15, 0.2) is 0 Å². The number of benzene rings is 3. The molecule has 3 rings (SSSR count). The molecule has 0 radical (unpaired) electrons. The van der Waals surface area contributed by atoms with Gasteiger partial charge in [-0.1, -0.05) is 50.2 Å². The van der Waals surface area contributed by atoms with E-state index < -0.39 is 15.9 Å². The van der Waals surface area contributed by atoms with Crippen molar-refractivity contribution >= 4 is 27.3 Å². The number of carbonyl (C=O) groups is 1. The highest BCUT2D eigenvalue weighted by Gasteiger charge is 2.27. The van der Waals surface area contributed by atoms with E-state index in [4.69, 9.17) is 0 Å². The highest BCUT2D eigenvalue weighted by molar-refractivity contribution is 7.92. The van der Waals surface area contributed by atoms with Crippen LogP contribution in [0.1, 0.15) is 36.5 Å². The molecule has 0 aromatic heterocycles. The Labute approximate surface area is 184 Å². The zero-order valence-corrected chi connectivity index (χ0v) is 19.1. The number of sulfonamides is 1. The van der Waals surface area contributed by atoms with E-state index in [1.165, 1.54) is 12.1 Å². The smallest absolute Gasteiger partial charge is 0.264 e. The number of anilines is 2. The monoisotopic (exact) mass is 436 g/mol. The van der Waals surface area contributed by atoms with Crippen molar-refractivity contribution < 1.29 is 13.2 Å². The molecule has 1 N–H and O–H groups in total. The minimum absolute atomic E-state index is 0.141. The number of hydrogen-bond donors (Lipinski definition) is 1. The summed E-state index contributed by atoms with van der Waals surface area (Å²) in [5, 5.41) is 2.82. The Kier molecular flexibility index (Phi) is 6.81. The molecule has 0 heterocycles. The van der Waals surface area contributed by atoms with Crippen LogP contribution in [-0.2, 0) is 14.8 Å². The molecular formula is C25H28N2O3S. The summed E-state index contributed by atoms with van der Waals surface area (Å²) < 4.78 is 27.9. The molecule has 0 aliphatic carbocycles. The summed E-state index contributed by atoms with van der Waals surface area (Å²) in [6.45, 7) is 7.78. The van der Waals surface area contributed by atoms with Gasteiger partial charge in [0.05, 0.1) is 10.6 Å². The van der Waals surface area contributed by atoms with Crippen LogP contribution < -0.4 is 9.62 Å². The standard InChI is InChI=1S/C25H28N2O3S/c1-18(2)21-11-14-23(15-12-21)27(31(29,30)24-8-6-5-7-9-24)17-25(28)26-22-13-10-19(3)20(4)16-22/h5-16,18H,17H2,1-4H3,(H,26,28). The van der Waals surface area contributed by atoms with Crippen molar-refractivity contribution in [2.75, 3.05) is 16.2 Å². The number of amides is 1. The first-order valence-corrected chi connectivity index (χ1v) is 11.7. The number of carbonyl (C=O) groups excluding carboxylic acids is 1. The van der Waals surface area contributed by atoms with Crippen molar-refractivity contribution in [3.8, 4) is 0 Å². The van der Waals surface area contributed by atoms with Gasteiger partial charge in [-0.05, 0) is 72.9 Å². The lowest BCUT2D eigenvalue weighted by molar-refractivity contribution is -0.114. The molecule has 0 spiro atoms. The van der Waals surface area contributed by atoms with E-state index >= 15 is 0 Å². The largest absolute Gasteiger partial charge is 0.325 e. The quantitative estimate of drug-likeness (QED) is 0.549. The lowest BCUT2D eigenvalue weighted by atomic mass is 10.0. The fourth-order valence-electron chi connectivity index (χ4n) is 3.21. The fourth-order valence-corrected chi connectivity index (χ4v) is 4.65. The van der Waals surface area contributed by atoms with Gasteiger partial charge in [0, 0.05) is 5.69 Å². The third-order valence-electron chi connectivity index (χ3n) is 5.26. The molecule has 31 heavy (non-hydrogen) atoms. The third-order valence-corrected chi connectivity index (χ3v) is 7.04. The lowest BCUT2D eigenvalue weighted by Crippen LogP contribution is -2.38. The molecule has 0 atom stereocenters. The molecule has 0 saturated carbocycles. The first-order chi connectivity index (χ1) is 14.7. The zero-order chi connectivity index (χ0) is 22.6. The Morgan fingerprint density at radius 2 is 1.55 bits per heavy atom. The van der Waals surface area contributed by atoms with Gasteiger partial charge in [0.2, 0.25) is 5.91 Å². The Morgan fingerprint density at radius 1 is 0.903 bits per heavy atom. The Balaban J connectivity index is 1.93. The predicted octanol–water partition coefficient (Wildman–Crippen LogP) is 5.26. The second-order valence-electron chi connectivity index (χ2n) is 7.92. The molecule has 0 unspecified atom stereocenters. The molecular weight excluding hydrogens is 408 g/mol. The third kappa shape index (κ3) is 5.33. The van der Waals surface area contributed by atoms with Gasteiger partial charge >= 0.3 is 0 Å². The molecule has 1 amide bonds. The van der Waals surface area contributed by atoms with Gasteiger partial charge in [0.25, 0.3) is 10.0 Å². The zero-order valence-electron chi connectivity index (χ0n) is 18.3. The van der Waals surface area contributed by atoms with E-state index in [0.29, 0.717) is 17.3 Å². The van der Waals surface area contributed by atoms with E-state index in [-0.39, 0.29) is 11.4 Å². The molecule has 5 nitrogen and oxygen atoms in total. The van der Waals surface area contributed by atoms with E-state index in [9.17, 15) is 13.2 Å². The van der Waals surface area contributed by atoms with E-state index in [1.54, 1.807) is 30.3 Å². The van der Waals surface area contributed by atoms with Crippen LogP contribution in [0.4, 0.5) is 11.4 Å². The van der Waals surface area contributed by atoms with Crippen LogP contribution in [0.5, 0.6) is 0 Å². The summed E-state index contributed by atoms with van der Waals surface area (Å²) in [4.78, 5) is 13.0. The lowest BCUT2D eigenvalue weighted by Gasteiger charge is -2.24. The maximum Gasteiger partial charge on any atom is 0.264 e. The Hall–Kier alpha value is -3.12. The van der Waals surface area contributed by atoms with Gasteiger partial charge < -0.3 is 5.32 Å². The topological polar surface area (TPSA) is 66.5 Å². The molecule has 3 aromatic rings. The average Bonchev–Trinajstić information content (AvgIpc) is 2.75. The second kappa shape index (κ2) is 9.35. The average molecular weight is 437 g/mol. The highest BCUT2D eigenvalue weighted by atomic mass is 32.2. The molecule has 3 aromatic carbocycles. The van der Waals surface area contributed by atoms with E-state index in [1.807, 2.05) is 44.2 Å². The fraction of sp³-hybridized carbons (Fsp3) is 0.240. The summed E-state index contributed by atoms with van der Waals surface area (Å²) >= 11 is 0. The minimum atomic E-state index is -3.92. The first-order valence-electron chi connectivity index (χ1n) is 10.2. The predicted molar refractivity (Wildman–Crippen MR) is 126 cm³/mol.